The highest BCUT2D eigenvalue weighted by atomic mass is 15.2. The quantitative estimate of drug-likeness (QED) is 0.513. The summed E-state index contributed by atoms with van der Waals surface area (Å²) in [7, 11) is 2.10. The SMILES string of the molecule is C=C/C=C(\C(=C)C#N)N1CCN(C)CC1. The molecule has 1 saturated heterocycles. The van der Waals surface area contributed by atoms with Crippen molar-refractivity contribution >= 4 is 0 Å². The maximum Gasteiger partial charge on any atom is 0.101 e. The van der Waals surface area contributed by atoms with Gasteiger partial charge < -0.3 is 9.80 Å². The van der Waals surface area contributed by atoms with Gasteiger partial charge in [0.15, 0.2) is 0 Å². The summed E-state index contributed by atoms with van der Waals surface area (Å²) in [6.07, 6.45) is 3.56. The minimum absolute atomic E-state index is 0.513. The first-order valence-corrected chi connectivity index (χ1v) is 5.04. The molecule has 3 heteroatoms. The summed E-state index contributed by atoms with van der Waals surface area (Å²) in [5, 5.41) is 8.85. The zero-order valence-corrected chi connectivity index (χ0v) is 9.24. The largest absolute Gasteiger partial charge is 0.368 e. The zero-order chi connectivity index (χ0) is 11.3. The molecule has 1 aliphatic rings. The first kappa shape index (κ1) is 11.5. The van der Waals surface area contributed by atoms with Gasteiger partial charge in [-0.3, -0.25) is 0 Å². The number of rotatable bonds is 3. The molecule has 1 fully saturated rings. The Morgan fingerprint density at radius 2 is 1.93 bits per heavy atom. The van der Waals surface area contributed by atoms with Crippen LogP contribution in [0.25, 0.3) is 0 Å². The van der Waals surface area contributed by atoms with E-state index in [-0.39, 0.29) is 0 Å². The van der Waals surface area contributed by atoms with Gasteiger partial charge in [-0.15, -0.1) is 0 Å². The van der Waals surface area contributed by atoms with E-state index in [1.807, 2.05) is 6.08 Å². The van der Waals surface area contributed by atoms with Gasteiger partial charge in [0.05, 0.1) is 11.3 Å². The van der Waals surface area contributed by atoms with Gasteiger partial charge in [-0.05, 0) is 13.1 Å². The predicted molar refractivity (Wildman–Crippen MR) is 62.1 cm³/mol. The Hall–Kier alpha value is -1.53. The molecule has 1 heterocycles. The molecule has 3 nitrogen and oxygen atoms in total. The maximum absolute atomic E-state index is 8.85. The Labute approximate surface area is 91.6 Å². The van der Waals surface area contributed by atoms with Gasteiger partial charge in [-0.2, -0.15) is 5.26 Å². The van der Waals surface area contributed by atoms with E-state index in [1.54, 1.807) is 6.08 Å². The Morgan fingerprint density at radius 3 is 2.40 bits per heavy atom. The van der Waals surface area contributed by atoms with Gasteiger partial charge in [0.2, 0.25) is 0 Å². The van der Waals surface area contributed by atoms with Crippen LogP contribution in [-0.2, 0) is 0 Å². The van der Waals surface area contributed by atoms with Crippen LogP contribution in [0.5, 0.6) is 0 Å². The number of allylic oxidation sites excluding steroid dienone is 3. The molecule has 15 heavy (non-hydrogen) atoms. The number of hydrogen-bond donors (Lipinski definition) is 0. The van der Waals surface area contributed by atoms with E-state index in [9.17, 15) is 0 Å². The Balaban J connectivity index is 2.74. The first-order chi connectivity index (χ1) is 7.19. The van der Waals surface area contributed by atoms with Crippen molar-refractivity contribution in [3.63, 3.8) is 0 Å². The maximum atomic E-state index is 8.85. The number of likely N-dealkylation sites (N-methyl/N-ethyl adjacent to an activating group) is 1. The lowest BCUT2D eigenvalue weighted by atomic mass is 10.1. The average Bonchev–Trinajstić information content (AvgIpc) is 2.26. The molecule has 80 valence electrons. The summed E-state index contributed by atoms with van der Waals surface area (Å²) in [5.41, 5.74) is 1.42. The van der Waals surface area contributed by atoms with Crippen LogP contribution in [0, 0.1) is 11.3 Å². The smallest absolute Gasteiger partial charge is 0.101 e. The Kier molecular flexibility index (Phi) is 4.14. The van der Waals surface area contributed by atoms with E-state index in [1.165, 1.54) is 0 Å². The first-order valence-electron chi connectivity index (χ1n) is 5.04. The van der Waals surface area contributed by atoms with Crippen molar-refractivity contribution in [1.82, 2.24) is 9.80 Å². The third-order valence-corrected chi connectivity index (χ3v) is 2.56. The van der Waals surface area contributed by atoms with E-state index in [4.69, 9.17) is 5.26 Å². The van der Waals surface area contributed by atoms with E-state index >= 15 is 0 Å². The average molecular weight is 203 g/mol. The second kappa shape index (κ2) is 5.38. The Morgan fingerprint density at radius 1 is 1.33 bits per heavy atom. The summed E-state index contributed by atoms with van der Waals surface area (Å²) in [5.74, 6) is 0. The van der Waals surface area contributed by atoms with Gasteiger partial charge in [-0.25, -0.2) is 0 Å². The van der Waals surface area contributed by atoms with Crippen molar-refractivity contribution in [3.05, 3.63) is 36.6 Å². The van der Waals surface area contributed by atoms with Crippen LogP contribution in [0.2, 0.25) is 0 Å². The molecule has 0 aromatic rings. The number of hydrogen-bond acceptors (Lipinski definition) is 3. The zero-order valence-electron chi connectivity index (χ0n) is 9.24. The van der Waals surface area contributed by atoms with Gasteiger partial charge in [0.25, 0.3) is 0 Å². The summed E-state index contributed by atoms with van der Waals surface area (Å²) in [6.45, 7) is 11.3. The second-order valence-electron chi connectivity index (χ2n) is 3.67. The fourth-order valence-electron chi connectivity index (χ4n) is 1.61. The van der Waals surface area contributed by atoms with Crippen molar-refractivity contribution in [1.29, 1.82) is 5.26 Å². The van der Waals surface area contributed by atoms with Crippen LogP contribution in [-0.4, -0.2) is 43.0 Å². The van der Waals surface area contributed by atoms with Crippen molar-refractivity contribution in [3.8, 4) is 6.07 Å². The molecule has 1 aliphatic heterocycles. The molecule has 0 aliphatic carbocycles. The van der Waals surface area contributed by atoms with Crippen molar-refractivity contribution < 1.29 is 0 Å². The van der Waals surface area contributed by atoms with Crippen LogP contribution < -0.4 is 0 Å². The van der Waals surface area contributed by atoms with Crippen LogP contribution in [0.15, 0.2) is 36.6 Å². The molecule has 0 amide bonds. The molecule has 0 N–H and O–H groups in total. The van der Waals surface area contributed by atoms with Crippen LogP contribution in [0.4, 0.5) is 0 Å². The highest BCUT2D eigenvalue weighted by Crippen LogP contribution is 2.15. The molecule has 0 saturated carbocycles. The Bertz CT molecular complexity index is 314. The second-order valence-corrected chi connectivity index (χ2v) is 3.67. The van der Waals surface area contributed by atoms with E-state index in [0.717, 1.165) is 31.9 Å². The predicted octanol–water partition coefficient (Wildman–Crippen LogP) is 1.38. The normalized spacial score (nSPS) is 18.4. The molecule has 0 bridgehead atoms. The molecule has 0 unspecified atom stereocenters. The minimum Gasteiger partial charge on any atom is -0.368 e. The standard InChI is InChI=1S/C12H17N3/c1-4-5-12(11(2)10-13)15-8-6-14(3)7-9-15/h4-5H,1-2,6-9H2,3H3/b12-5+. The molecule has 0 spiro atoms. The van der Waals surface area contributed by atoms with E-state index in [2.05, 4.69) is 36.1 Å². The molecule has 0 aromatic heterocycles. The highest BCUT2D eigenvalue weighted by molar-refractivity contribution is 5.40. The third-order valence-electron chi connectivity index (χ3n) is 2.56. The van der Waals surface area contributed by atoms with Gasteiger partial charge in [0.1, 0.15) is 6.07 Å². The van der Waals surface area contributed by atoms with Crippen molar-refractivity contribution in [2.45, 2.75) is 0 Å². The summed E-state index contributed by atoms with van der Waals surface area (Å²) >= 11 is 0. The van der Waals surface area contributed by atoms with Gasteiger partial charge >= 0.3 is 0 Å². The third kappa shape index (κ3) is 2.97. The summed E-state index contributed by atoms with van der Waals surface area (Å²) < 4.78 is 0. The molecule has 0 atom stereocenters. The molecular formula is C12H17N3. The number of nitrogens with zero attached hydrogens (tertiary/aromatic N) is 3. The van der Waals surface area contributed by atoms with Crippen molar-refractivity contribution in [2.24, 2.45) is 0 Å². The monoisotopic (exact) mass is 203 g/mol. The van der Waals surface area contributed by atoms with Crippen LogP contribution in [0.3, 0.4) is 0 Å². The summed E-state index contributed by atoms with van der Waals surface area (Å²) in [6, 6.07) is 2.09. The lowest BCUT2D eigenvalue weighted by molar-refractivity contribution is 0.189. The highest BCUT2D eigenvalue weighted by Gasteiger charge is 2.17. The lowest BCUT2D eigenvalue weighted by Crippen LogP contribution is -2.44. The minimum atomic E-state index is 0.513. The summed E-state index contributed by atoms with van der Waals surface area (Å²) in [4.78, 5) is 4.46. The fraction of sp³-hybridized carbons (Fsp3) is 0.417. The van der Waals surface area contributed by atoms with Gasteiger partial charge in [0, 0.05) is 26.2 Å². The molecule has 0 aromatic carbocycles. The molecule has 1 rings (SSSR count). The van der Waals surface area contributed by atoms with Crippen molar-refractivity contribution in [2.75, 3.05) is 33.2 Å². The van der Waals surface area contributed by atoms with Gasteiger partial charge in [-0.1, -0.05) is 19.2 Å². The molecule has 0 radical (unpaired) electrons. The van der Waals surface area contributed by atoms with Crippen LogP contribution in [0.1, 0.15) is 0 Å². The van der Waals surface area contributed by atoms with E-state index in [0.29, 0.717) is 5.57 Å². The lowest BCUT2D eigenvalue weighted by Gasteiger charge is -2.35. The number of nitriles is 1. The molecular weight excluding hydrogens is 186 g/mol. The van der Waals surface area contributed by atoms with E-state index < -0.39 is 0 Å². The fourth-order valence-corrected chi connectivity index (χ4v) is 1.61. The topological polar surface area (TPSA) is 30.3 Å². The van der Waals surface area contributed by atoms with Crippen LogP contribution >= 0.6 is 0 Å². The number of piperazine rings is 1.